The first-order valence-electron chi connectivity index (χ1n) is 7.93. The van der Waals surface area contributed by atoms with Gasteiger partial charge in [-0.25, -0.2) is 0 Å². The molecule has 0 bridgehead atoms. The van der Waals surface area contributed by atoms with E-state index >= 15 is 0 Å². The summed E-state index contributed by atoms with van der Waals surface area (Å²) in [5, 5.41) is 18.7. The second kappa shape index (κ2) is 16.0. The van der Waals surface area contributed by atoms with Gasteiger partial charge in [-0.15, -0.1) is 23.7 Å². The lowest BCUT2D eigenvalue weighted by molar-refractivity contribution is 0.204. The van der Waals surface area contributed by atoms with Crippen LogP contribution in [0.3, 0.4) is 0 Å². The topological polar surface area (TPSA) is 66.0 Å². The molecule has 0 aliphatic rings. The van der Waals surface area contributed by atoms with E-state index in [1.807, 2.05) is 0 Å². The number of ether oxygens (including phenoxy) is 2. The summed E-state index contributed by atoms with van der Waals surface area (Å²) in [5.41, 5.74) is -1.05. The number of hydrogen-bond donors (Lipinski definition) is 0. The monoisotopic (exact) mass is 334 g/mol. The van der Waals surface area contributed by atoms with Crippen LogP contribution in [0, 0.1) is 75.4 Å². The van der Waals surface area contributed by atoms with E-state index in [-0.39, 0.29) is 0 Å². The normalized spacial score (nSPS) is 8.64. The zero-order valence-electron chi connectivity index (χ0n) is 14.9. The van der Waals surface area contributed by atoms with Crippen molar-refractivity contribution in [3.05, 3.63) is 0 Å². The summed E-state index contributed by atoms with van der Waals surface area (Å²) < 4.78 is 10.3. The van der Waals surface area contributed by atoms with Crippen molar-refractivity contribution in [1.82, 2.24) is 0 Å². The Morgan fingerprint density at radius 3 is 1.40 bits per heavy atom. The molecule has 0 heterocycles. The molecular formula is C21H22N2O2. The number of rotatable bonds is 8. The van der Waals surface area contributed by atoms with Gasteiger partial charge in [-0.05, 0) is 26.7 Å². The maximum Gasteiger partial charge on any atom is 0.145 e. The van der Waals surface area contributed by atoms with E-state index in [2.05, 4.69) is 59.5 Å². The third-order valence-corrected chi connectivity index (χ3v) is 3.08. The minimum atomic E-state index is -1.05. The first-order chi connectivity index (χ1) is 12.2. The van der Waals surface area contributed by atoms with Gasteiger partial charge in [0.05, 0.1) is 12.1 Å². The Morgan fingerprint density at radius 1 is 0.640 bits per heavy atom. The van der Waals surface area contributed by atoms with Gasteiger partial charge < -0.3 is 9.47 Å². The summed E-state index contributed by atoms with van der Waals surface area (Å²) in [6, 6.07) is 4.21. The second-order valence-electron chi connectivity index (χ2n) is 4.85. The Morgan fingerprint density at radius 2 is 1.04 bits per heavy atom. The molecule has 0 aromatic heterocycles. The van der Waals surface area contributed by atoms with Gasteiger partial charge >= 0.3 is 0 Å². The van der Waals surface area contributed by atoms with E-state index in [0.717, 1.165) is 0 Å². The minimum absolute atomic E-state index is 0.300. The van der Waals surface area contributed by atoms with Gasteiger partial charge in [0.25, 0.3) is 0 Å². The Labute approximate surface area is 151 Å². The van der Waals surface area contributed by atoms with Crippen LogP contribution >= 0.6 is 0 Å². The molecule has 0 aliphatic heterocycles. The van der Waals surface area contributed by atoms with E-state index in [0.29, 0.717) is 52.1 Å². The number of hydrogen-bond acceptors (Lipinski definition) is 4. The smallest absolute Gasteiger partial charge is 0.145 e. The molecule has 0 aromatic carbocycles. The van der Waals surface area contributed by atoms with Gasteiger partial charge in [0.2, 0.25) is 0 Å². The van der Waals surface area contributed by atoms with Crippen LogP contribution in [0.4, 0.5) is 0 Å². The highest BCUT2D eigenvalue weighted by Crippen LogP contribution is 2.27. The Kier molecular flexibility index (Phi) is 14.2. The average Bonchev–Trinajstić information content (AvgIpc) is 2.64. The van der Waals surface area contributed by atoms with Crippen LogP contribution in [0.25, 0.3) is 0 Å². The van der Waals surface area contributed by atoms with Crippen LogP contribution in [0.15, 0.2) is 0 Å². The van der Waals surface area contributed by atoms with Crippen LogP contribution < -0.4 is 0 Å². The molecule has 0 N–H and O–H groups in total. The average molecular weight is 334 g/mol. The molecule has 0 fully saturated rings. The zero-order chi connectivity index (χ0) is 18.6. The molecule has 0 saturated carbocycles. The SMILES string of the molecule is CC#CCOCC#CCCC(C#N)(C#N)CCC#CCOCC#CC. The van der Waals surface area contributed by atoms with E-state index in [9.17, 15) is 10.5 Å². The second-order valence-corrected chi connectivity index (χ2v) is 4.85. The first kappa shape index (κ1) is 22.1. The number of nitrogens with zero attached hydrogens (tertiary/aromatic N) is 2. The van der Waals surface area contributed by atoms with Crippen molar-refractivity contribution >= 4 is 0 Å². The summed E-state index contributed by atoms with van der Waals surface area (Å²) in [4.78, 5) is 0. The molecule has 0 unspecified atom stereocenters. The Bertz CT molecular complexity index is 646. The van der Waals surface area contributed by atoms with Crippen LogP contribution in [0.1, 0.15) is 39.5 Å². The van der Waals surface area contributed by atoms with Crippen molar-refractivity contribution in [1.29, 1.82) is 10.5 Å². The molecule has 0 atom stereocenters. The van der Waals surface area contributed by atoms with Gasteiger partial charge in [0, 0.05) is 12.8 Å². The predicted molar refractivity (Wildman–Crippen MR) is 96.2 cm³/mol. The van der Waals surface area contributed by atoms with Crippen molar-refractivity contribution in [2.75, 3.05) is 26.4 Å². The summed E-state index contributed by atoms with van der Waals surface area (Å²) in [5.74, 6) is 22.5. The van der Waals surface area contributed by atoms with Gasteiger partial charge in [-0.1, -0.05) is 23.7 Å². The van der Waals surface area contributed by atoms with E-state index in [1.165, 1.54) is 0 Å². The van der Waals surface area contributed by atoms with Gasteiger partial charge in [-0.2, -0.15) is 10.5 Å². The van der Waals surface area contributed by atoms with Crippen molar-refractivity contribution < 1.29 is 9.47 Å². The lowest BCUT2D eigenvalue weighted by Crippen LogP contribution is -2.15. The summed E-state index contributed by atoms with van der Waals surface area (Å²) in [6.45, 7) is 4.81. The van der Waals surface area contributed by atoms with Gasteiger partial charge in [-0.3, -0.25) is 0 Å². The fourth-order valence-corrected chi connectivity index (χ4v) is 1.65. The molecule has 0 saturated heterocycles. The van der Waals surface area contributed by atoms with Crippen molar-refractivity contribution in [3.8, 4) is 59.5 Å². The maximum atomic E-state index is 9.33. The molecule has 128 valence electrons. The third kappa shape index (κ3) is 12.3. The molecule has 0 amide bonds. The molecular weight excluding hydrogens is 312 g/mol. The molecule has 0 spiro atoms. The number of nitriles is 2. The third-order valence-electron chi connectivity index (χ3n) is 3.08. The van der Waals surface area contributed by atoms with Crippen molar-refractivity contribution in [2.45, 2.75) is 39.5 Å². The highest BCUT2D eigenvalue weighted by molar-refractivity contribution is 5.16. The van der Waals surface area contributed by atoms with Crippen LogP contribution in [0.2, 0.25) is 0 Å². The Hall–Kier alpha value is -2.86. The highest BCUT2D eigenvalue weighted by Gasteiger charge is 2.28. The van der Waals surface area contributed by atoms with Gasteiger partial charge in [0.1, 0.15) is 31.8 Å². The predicted octanol–water partition coefficient (Wildman–Crippen LogP) is 2.67. The fraction of sp³-hybridized carbons (Fsp3) is 0.524. The summed E-state index contributed by atoms with van der Waals surface area (Å²) in [6.07, 6.45) is 1.73. The molecule has 0 rings (SSSR count). The standard InChI is InChI=1S/C21H22N2O2/c1-3-5-15-24-17-11-7-9-13-21(19-22,20-23)14-10-8-12-18-25-16-6-4-2/h9-10,13-18H2,1-2H3. The van der Waals surface area contributed by atoms with Crippen molar-refractivity contribution in [3.63, 3.8) is 0 Å². The largest absolute Gasteiger partial charge is 0.356 e. The first-order valence-corrected chi connectivity index (χ1v) is 7.93. The van der Waals surface area contributed by atoms with Crippen LogP contribution in [0.5, 0.6) is 0 Å². The molecule has 4 heteroatoms. The van der Waals surface area contributed by atoms with Crippen molar-refractivity contribution in [2.24, 2.45) is 5.41 Å². The summed E-state index contributed by atoms with van der Waals surface area (Å²) in [7, 11) is 0. The fourth-order valence-electron chi connectivity index (χ4n) is 1.65. The van der Waals surface area contributed by atoms with E-state index in [1.54, 1.807) is 13.8 Å². The molecule has 0 radical (unpaired) electrons. The van der Waals surface area contributed by atoms with E-state index in [4.69, 9.17) is 9.47 Å². The highest BCUT2D eigenvalue weighted by atomic mass is 16.5. The maximum absolute atomic E-state index is 9.33. The van der Waals surface area contributed by atoms with Crippen LogP contribution in [-0.2, 0) is 9.47 Å². The minimum Gasteiger partial charge on any atom is -0.356 e. The van der Waals surface area contributed by atoms with E-state index < -0.39 is 5.41 Å². The molecule has 25 heavy (non-hydrogen) atoms. The zero-order valence-corrected chi connectivity index (χ0v) is 14.9. The molecule has 4 nitrogen and oxygen atoms in total. The molecule has 0 aromatic rings. The summed E-state index contributed by atoms with van der Waals surface area (Å²) >= 11 is 0. The lowest BCUT2D eigenvalue weighted by Gasteiger charge is -2.15. The Balaban J connectivity index is 4.19. The van der Waals surface area contributed by atoms with Crippen LogP contribution in [-0.4, -0.2) is 26.4 Å². The van der Waals surface area contributed by atoms with Gasteiger partial charge in [0.15, 0.2) is 0 Å². The quantitative estimate of drug-likeness (QED) is 0.506. The lowest BCUT2D eigenvalue weighted by atomic mass is 9.82. The molecule has 0 aliphatic carbocycles.